The van der Waals surface area contributed by atoms with Crippen molar-refractivity contribution in [1.82, 2.24) is 0 Å². The Morgan fingerprint density at radius 1 is 1.00 bits per heavy atom. The van der Waals surface area contributed by atoms with Crippen LogP contribution in [0.25, 0.3) is 0 Å². The standard InChI is InChI=1S/C18H22O6/c1-20-12-7-5-11(6-8-12)18-22-10-14-17(24-18)15(19)16-13(23-14)4-2-3-9-21-16/h2-3,5-8,13-19H,4,9-10H2,1H3/t13-,14+,15+,16-,17+,18+/m0/s1. The molecule has 0 aromatic heterocycles. The molecule has 130 valence electrons. The van der Waals surface area contributed by atoms with Gasteiger partial charge in [0.05, 0.1) is 26.4 Å². The maximum Gasteiger partial charge on any atom is 0.184 e. The van der Waals surface area contributed by atoms with Crippen LogP contribution in [0, 0.1) is 0 Å². The van der Waals surface area contributed by atoms with Gasteiger partial charge in [-0.05, 0) is 18.6 Å². The molecule has 1 N–H and O–H groups in total. The van der Waals surface area contributed by atoms with Crippen LogP contribution in [0.3, 0.4) is 0 Å². The SMILES string of the molecule is COc1ccc([C@@H]2OC[C@H]3O[C@H]4CC=CCO[C@@H]4[C@@H](O)[C@@H]3O2)cc1. The molecular weight excluding hydrogens is 312 g/mol. The number of aliphatic hydroxyl groups is 1. The number of rotatable bonds is 2. The number of benzene rings is 1. The van der Waals surface area contributed by atoms with Crippen molar-refractivity contribution in [2.24, 2.45) is 0 Å². The molecule has 0 aliphatic carbocycles. The van der Waals surface area contributed by atoms with Crippen molar-refractivity contribution in [3.63, 3.8) is 0 Å². The van der Waals surface area contributed by atoms with Gasteiger partial charge in [-0.1, -0.05) is 24.3 Å². The van der Waals surface area contributed by atoms with Crippen LogP contribution in [-0.2, 0) is 18.9 Å². The van der Waals surface area contributed by atoms with Crippen molar-refractivity contribution >= 4 is 0 Å². The Balaban J connectivity index is 1.49. The van der Waals surface area contributed by atoms with E-state index in [0.29, 0.717) is 13.2 Å². The van der Waals surface area contributed by atoms with Crippen LogP contribution < -0.4 is 4.74 Å². The molecule has 0 saturated carbocycles. The summed E-state index contributed by atoms with van der Waals surface area (Å²) in [5.41, 5.74) is 0.882. The summed E-state index contributed by atoms with van der Waals surface area (Å²) in [5, 5.41) is 10.7. The monoisotopic (exact) mass is 334 g/mol. The summed E-state index contributed by atoms with van der Waals surface area (Å²) < 4.78 is 28.8. The second-order valence-corrected chi connectivity index (χ2v) is 6.25. The van der Waals surface area contributed by atoms with Crippen LogP contribution in [0.5, 0.6) is 5.75 Å². The van der Waals surface area contributed by atoms with E-state index < -0.39 is 18.5 Å². The third-order valence-corrected chi connectivity index (χ3v) is 4.76. The van der Waals surface area contributed by atoms with Crippen LogP contribution in [0.2, 0.25) is 0 Å². The maximum atomic E-state index is 10.7. The maximum absolute atomic E-state index is 10.7. The highest BCUT2D eigenvalue weighted by molar-refractivity contribution is 5.28. The summed E-state index contributed by atoms with van der Waals surface area (Å²) in [6, 6.07) is 7.51. The summed E-state index contributed by atoms with van der Waals surface area (Å²) >= 11 is 0. The van der Waals surface area contributed by atoms with Crippen molar-refractivity contribution < 1.29 is 28.8 Å². The van der Waals surface area contributed by atoms with Crippen LogP contribution in [0.4, 0.5) is 0 Å². The van der Waals surface area contributed by atoms with Gasteiger partial charge < -0.3 is 28.8 Å². The van der Waals surface area contributed by atoms with E-state index in [1.165, 1.54) is 0 Å². The van der Waals surface area contributed by atoms with Crippen molar-refractivity contribution in [2.75, 3.05) is 20.3 Å². The smallest absolute Gasteiger partial charge is 0.184 e. The first-order valence-corrected chi connectivity index (χ1v) is 8.27. The third-order valence-electron chi connectivity index (χ3n) is 4.76. The lowest BCUT2D eigenvalue weighted by Gasteiger charge is -2.47. The van der Waals surface area contributed by atoms with Gasteiger partial charge in [-0.3, -0.25) is 0 Å². The highest BCUT2D eigenvalue weighted by atomic mass is 16.7. The zero-order valence-corrected chi connectivity index (χ0v) is 13.5. The fourth-order valence-electron chi connectivity index (χ4n) is 3.47. The van der Waals surface area contributed by atoms with E-state index in [2.05, 4.69) is 0 Å². The largest absolute Gasteiger partial charge is 0.497 e. The molecule has 3 aliphatic heterocycles. The molecule has 24 heavy (non-hydrogen) atoms. The van der Waals surface area contributed by atoms with Gasteiger partial charge >= 0.3 is 0 Å². The molecule has 0 spiro atoms. The van der Waals surface area contributed by atoms with Crippen molar-refractivity contribution in [3.8, 4) is 5.75 Å². The van der Waals surface area contributed by atoms with Gasteiger partial charge in [0.2, 0.25) is 0 Å². The Hall–Kier alpha value is -1.44. The minimum Gasteiger partial charge on any atom is -0.497 e. The zero-order chi connectivity index (χ0) is 16.5. The van der Waals surface area contributed by atoms with Crippen LogP contribution in [0.1, 0.15) is 18.3 Å². The number of ether oxygens (including phenoxy) is 5. The fraction of sp³-hybridized carbons (Fsp3) is 0.556. The summed E-state index contributed by atoms with van der Waals surface area (Å²) in [6.07, 6.45) is 2.15. The predicted octanol–water partition coefficient (Wildman–Crippen LogP) is 1.58. The van der Waals surface area contributed by atoms with Gasteiger partial charge in [0.25, 0.3) is 0 Å². The van der Waals surface area contributed by atoms with E-state index in [1.807, 2.05) is 36.4 Å². The molecule has 1 aromatic rings. The molecule has 1 aromatic carbocycles. The molecule has 0 radical (unpaired) electrons. The van der Waals surface area contributed by atoms with Crippen LogP contribution >= 0.6 is 0 Å². The van der Waals surface area contributed by atoms with E-state index in [1.54, 1.807) is 7.11 Å². The fourth-order valence-corrected chi connectivity index (χ4v) is 3.47. The molecule has 4 rings (SSSR count). The molecule has 6 atom stereocenters. The Kier molecular flexibility index (Phi) is 4.56. The molecule has 2 saturated heterocycles. The van der Waals surface area contributed by atoms with E-state index in [-0.39, 0.29) is 18.3 Å². The average Bonchev–Trinajstić information content (AvgIpc) is 2.87. The van der Waals surface area contributed by atoms with Crippen LogP contribution in [0.15, 0.2) is 36.4 Å². The lowest BCUT2D eigenvalue weighted by Crippen LogP contribution is -2.62. The number of hydrogen-bond acceptors (Lipinski definition) is 6. The van der Waals surface area contributed by atoms with E-state index in [4.69, 9.17) is 23.7 Å². The molecule has 0 bridgehead atoms. The van der Waals surface area contributed by atoms with Gasteiger partial charge in [-0.2, -0.15) is 0 Å². The number of fused-ring (bicyclic) bond motifs is 2. The second kappa shape index (κ2) is 6.82. The predicted molar refractivity (Wildman–Crippen MR) is 84.7 cm³/mol. The third kappa shape index (κ3) is 2.96. The molecule has 0 amide bonds. The first kappa shape index (κ1) is 16.1. The van der Waals surface area contributed by atoms with Gasteiger partial charge in [-0.25, -0.2) is 0 Å². The average molecular weight is 334 g/mol. The van der Waals surface area contributed by atoms with E-state index in [9.17, 15) is 5.11 Å². The van der Waals surface area contributed by atoms with Gasteiger partial charge in [-0.15, -0.1) is 0 Å². The second-order valence-electron chi connectivity index (χ2n) is 6.25. The Labute approximate surface area is 140 Å². The summed E-state index contributed by atoms with van der Waals surface area (Å²) in [7, 11) is 1.63. The van der Waals surface area contributed by atoms with Gasteiger partial charge in [0.15, 0.2) is 6.29 Å². The lowest BCUT2D eigenvalue weighted by molar-refractivity contribution is -0.330. The lowest BCUT2D eigenvalue weighted by atomic mass is 9.92. The summed E-state index contributed by atoms with van der Waals surface area (Å²) in [5.74, 6) is 0.774. The van der Waals surface area contributed by atoms with E-state index >= 15 is 0 Å². The molecular formula is C18H22O6. The molecule has 3 aliphatic rings. The highest BCUT2D eigenvalue weighted by Gasteiger charge is 2.49. The molecule has 2 fully saturated rings. The number of hydrogen-bond donors (Lipinski definition) is 1. The van der Waals surface area contributed by atoms with E-state index in [0.717, 1.165) is 17.7 Å². The van der Waals surface area contributed by atoms with Crippen molar-refractivity contribution in [2.45, 2.75) is 43.2 Å². The Morgan fingerprint density at radius 2 is 1.83 bits per heavy atom. The van der Waals surface area contributed by atoms with Gasteiger partial charge in [0.1, 0.15) is 30.2 Å². The number of methoxy groups -OCH3 is 1. The molecule has 6 nitrogen and oxygen atoms in total. The minimum atomic E-state index is -0.738. The molecule has 3 heterocycles. The zero-order valence-electron chi connectivity index (χ0n) is 13.5. The quantitative estimate of drug-likeness (QED) is 0.829. The first-order chi connectivity index (χ1) is 11.8. The first-order valence-electron chi connectivity index (χ1n) is 8.27. The molecule has 0 unspecified atom stereocenters. The van der Waals surface area contributed by atoms with Crippen molar-refractivity contribution in [1.29, 1.82) is 0 Å². The van der Waals surface area contributed by atoms with Crippen molar-refractivity contribution in [3.05, 3.63) is 42.0 Å². The summed E-state index contributed by atoms with van der Waals surface area (Å²) in [6.45, 7) is 0.864. The van der Waals surface area contributed by atoms with Gasteiger partial charge in [0, 0.05) is 5.56 Å². The molecule has 6 heteroatoms. The Morgan fingerprint density at radius 3 is 2.62 bits per heavy atom. The van der Waals surface area contributed by atoms with Crippen LogP contribution in [-0.4, -0.2) is 55.9 Å². The highest BCUT2D eigenvalue weighted by Crippen LogP contribution is 2.36. The summed E-state index contributed by atoms with van der Waals surface area (Å²) in [4.78, 5) is 0. The normalized spacial score (nSPS) is 38.8. The Bertz CT molecular complexity index is 586. The number of aliphatic hydroxyl groups excluding tert-OH is 1. The minimum absolute atomic E-state index is 0.162. The topological polar surface area (TPSA) is 66.4 Å².